The molecule has 22 heavy (non-hydrogen) atoms. The molecule has 1 N–H and O–H groups in total. The van der Waals surface area contributed by atoms with E-state index in [0.717, 1.165) is 22.1 Å². The van der Waals surface area contributed by atoms with E-state index in [2.05, 4.69) is 21.2 Å². The SMILES string of the molecule is COCCCN(CCC(=O)Nc1ccc(Br)cc1C)C(C)=O. The second-order valence-electron chi connectivity index (χ2n) is 5.11. The van der Waals surface area contributed by atoms with E-state index < -0.39 is 0 Å². The summed E-state index contributed by atoms with van der Waals surface area (Å²) >= 11 is 3.39. The number of ether oxygens (including phenoxy) is 1. The van der Waals surface area contributed by atoms with Gasteiger partial charge in [-0.15, -0.1) is 0 Å². The summed E-state index contributed by atoms with van der Waals surface area (Å²) in [4.78, 5) is 25.2. The van der Waals surface area contributed by atoms with Gasteiger partial charge in [0, 0.05) is 50.3 Å². The number of benzene rings is 1. The van der Waals surface area contributed by atoms with Crippen LogP contribution in [0, 0.1) is 6.92 Å². The molecule has 0 bridgehead atoms. The quantitative estimate of drug-likeness (QED) is 0.715. The van der Waals surface area contributed by atoms with Crippen molar-refractivity contribution >= 4 is 33.4 Å². The van der Waals surface area contributed by atoms with Crippen LogP contribution in [-0.2, 0) is 14.3 Å². The van der Waals surface area contributed by atoms with Crippen LogP contribution in [0.4, 0.5) is 5.69 Å². The van der Waals surface area contributed by atoms with E-state index in [1.807, 2.05) is 25.1 Å². The molecule has 1 aromatic carbocycles. The number of carbonyl (C=O) groups excluding carboxylic acids is 2. The molecular formula is C16H23BrN2O3. The van der Waals surface area contributed by atoms with Crippen molar-refractivity contribution in [3.8, 4) is 0 Å². The maximum atomic E-state index is 12.0. The summed E-state index contributed by atoms with van der Waals surface area (Å²) in [6.07, 6.45) is 1.05. The van der Waals surface area contributed by atoms with Crippen LogP contribution >= 0.6 is 15.9 Å². The van der Waals surface area contributed by atoms with Crippen molar-refractivity contribution in [3.63, 3.8) is 0 Å². The van der Waals surface area contributed by atoms with Gasteiger partial charge in [-0.1, -0.05) is 15.9 Å². The van der Waals surface area contributed by atoms with Crippen LogP contribution in [0.1, 0.15) is 25.3 Å². The maximum Gasteiger partial charge on any atom is 0.226 e. The molecule has 0 saturated heterocycles. The van der Waals surface area contributed by atoms with Crippen molar-refractivity contribution < 1.29 is 14.3 Å². The minimum atomic E-state index is -0.0941. The van der Waals surface area contributed by atoms with Crippen LogP contribution in [0.2, 0.25) is 0 Å². The number of nitrogens with one attached hydrogen (secondary N) is 1. The molecule has 0 spiro atoms. The fourth-order valence-electron chi connectivity index (χ4n) is 2.04. The van der Waals surface area contributed by atoms with Gasteiger partial charge >= 0.3 is 0 Å². The van der Waals surface area contributed by atoms with Gasteiger partial charge in [0.05, 0.1) is 0 Å². The number of hydrogen-bond acceptors (Lipinski definition) is 3. The third kappa shape index (κ3) is 6.58. The molecule has 0 aliphatic rings. The predicted octanol–water partition coefficient (Wildman–Crippen LogP) is 2.97. The van der Waals surface area contributed by atoms with E-state index in [9.17, 15) is 9.59 Å². The molecule has 0 radical (unpaired) electrons. The highest BCUT2D eigenvalue weighted by atomic mass is 79.9. The van der Waals surface area contributed by atoms with Crippen LogP contribution in [0.25, 0.3) is 0 Å². The van der Waals surface area contributed by atoms with Gasteiger partial charge in [0.15, 0.2) is 0 Å². The van der Waals surface area contributed by atoms with E-state index in [-0.39, 0.29) is 18.2 Å². The Kier molecular flexibility index (Phi) is 8.12. The fourth-order valence-corrected chi connectivity index (χ4v) is 2.52. The first kappa shape index (κ1) is 18.6. The average Bonchev–Trinajstić information content (AvgIpc) is 2.45. The van der Waals surface area contributed by atoms with Gasteiger partial charge in [-0.2, -0.15) is 0 Å². The normalized spacial score (nSPS) is 10.4. The Labute approximate surface area is 140 Å². The molecule has 122 valence electrons. The lowest BCUT2D eigenvalue weighted by Gasteiger charge is -2.20. The number of carbonyl (C=O) groups is 2. The highest BCUT2D eigenvalue weighted by Gasteiger charge is 2.11. The first-order valence-electron chi connectivity index (χ1n) is 7.24. The van der Waals surface area contributed by atoms with E-state index in [0.29, 0.717) is 19.7 Å². The second-order valence-corrected chi connectivity index (χ2v) is 6.03. The van der Waals surface area contributed by atoms with E-state index in [1.165, 1.54) is 6.92 Å². The van der Waals surface area contributed by atoms with Crippen molar-refractivity contribution in [2.45, 2.75) is 26.7 Å². The smallest absolute Gasteiger partial charge is 0.226 e. The lowest BCUT2D eigenvalue weighted by atomic mass is 10.2. The van der Waals surface area contributed by atoms with Crippen LogP contribution < -0.4 is 5.32 Å². The van der Waals surface area contributed by atoms with E-state index >= 15 is 0 Å². The fraction of sp³-hybridized carbons (Fsp3) is 0.500. The molecule has 0 unspecified atom stereocenters. The Hall–Kier alpha value is -1.40. The minimum absolute atomic E-state index is 0.0243. The Morgan fingerprint density at radius 2 is 2.05 bits per heavy atom. The topological polar surface area (TPSA) is 58.6 Å². The summed E-state index contributed by atoms with van der Waals surface area (Å²) in [7, 11) is 1.63. The van der Waals surface area contributed by atoms with Gasteiger partial charge < -0.3 is 15.0 Å². The summed E-state index contributed by atoms with van der Waals surface area (Å²) in [6.45, 7) is 5.08. The predicted molar refractivity (Wildman–Crippen MR) is 90.9 cm³/mol. The minimum Gasteiger partial charge on any atom is -0.385 e. The molecule has 5 nitrogen and oxygen atoms in total. The lowest BCUT2D eigenvalue weighted by Crippen LogP contribution is -2.33. The standard InChI is InChI=1S/C16H23BrN2O3/c1-12-11-14(17)5-6-15(12)18-16(21)7-9-19(13(2)20)8-4-10-22-3/h5-6,11H,4,7-10H2,1-3H3,(H,18,21). The first-order valence-corrected chi connectivity index (χ1v) is 8.03. The third-order valence-corrected chi connectivity index (χ3v) is 3.79. The van der Waals surface area contributed by atoms with Crippen LogP contribution in [0.3, 0.4) is 0 Å². The number of aryl methyl sites for hydroxylation is 1. The number of rotatable bonds is 8. The third-order valence-electron chi connectivity index (χ3n) is 3.29. The zero-order chi connectivity index (χ0) is 16.5. The molecule has 0 saturated carbocycles. The van der Waals surface area contributed by atoms with Gasteiger partial charge in [-0.05, 0) is 37.1 Å². The van der Waals surface area contributed by atoms with Crippen LogP contribution in [-0.4, -0.2) is 43.5 Å². The number of methoxy groups -OCH3 is 1. The highest BCUT2D eigenvalue weighted by molar-refractivity contribution is 9.10. The maximum absolute atomic E-state index is 12.0. The first-order chi connectivity index (χ1) is 10.4. The van der Waals surface area contributed by atoms with E-state index in [4.69, 9.17) is 4.74 Å². The molecular weight excluding hydrogens is 348 g/mol. The van der Waals surface area contributed by atoms with Crippen molar-refractivity contribution in [3.05, 3.63) is 28.2 Å². The molecule has 0 aromatic heterocycles. The summed E-state index contributed by atoms with van der Waals surface area (Å²) in [5.41, 5.74) is 1.79. The molecule has 2 amide bonds. The van der Waals surface area contributed by atoms with Gasteiger partial charge in [-0.25, -0.2) is 0 Å². The van der Waals surface area contributed by atoms with Gasteiger partial charge in [-0.3, -0.25) is 9.59 Å². The molecule has 0 atom stereocenters. The lowest BCUT2D eigenvalue weighted by molar-refractivity contribution is -0.129. The second kappa shape index (κ2) is 9.58. The molecule has 1 rings (SSSR count). The number of hydrogen-bond donors (Lipinski definition) is 1. The van der Waals surface area contributed by atoms with E-state index in [1.54, 1.807) is 12.0 Å². The number of anilines is 1. The monoisotopic (exact) mass is 370 g/mol. The number of nitrogens with zero attached hydrogens (tertiary/aromatic N) is 1. The van der Waals surface area contributed by atoms with Gasteiger partial charge in [0.25, 0.3) is 0 Å². The molecule has 0 heterocycles. The molecule has 0 fully saturated rings. The molecule has 0 aliphatic carbocycles. The number of amides is 2. The Morgan fingerprint density at radius 3 is 2.64 bits per heavy atom. The molecule has 1 aromatic rings. The average molecular weight is 371 g/mol. The zero-order valence-corrected chi connectivity index (χ0v) is 14.9. The number of halogens is 1. The zero-order valence-electron chi connectivity index (χ0n) is 13.3. The summed E-state index contributed by atoms with van der Waals surface area (Å²) in [5, 5.41) is 2.88. The summed E-state index contributed by atoms with van der Waals surface area (Å²) < 4.78 is 5.95. The Balaban J connectivity index is 2.47. The largest absolute Gasteiger partial charge is 0.385 e. The molecule has 0 aliphatic heterocycles. The summed E-state index contributed by atoms with van der Waals surface area (Å²) in [6, 6.07) is 5.69. The highest BCUT2D eigenvalue weighted by Crippen LogP contribution is 2.20. The van der Waals surface area contributed by atoms with Gasteiger partial charge in [0.2, 0.25) is 11.8 Å². The van der Waals surface area contributed by atoms with Crippen LogP contribution in [0.15, 0.2) is 22.7 Å². The molecule has 6 heteroatoms. The summed E-state index contributed by atoms with van der Waals surface area (Å²) in [5.74, 6) is -0.118. The van der Waals surface area contributed by atoms with Gasteiger partial charge in [0.1, 0.15) is 0 Å². The Bertz CT molecular complexity index is 520. The van der Waals surface area contributed by atoms with Crippen molar-refractivity contribution in [2.75, 3.05) is 32.1 Å². The van der Waals surface area contributed by atoms with Crippen molar-refractivity contribution in [1.29, 1.82) is 0 Å². The Morgan fingerprint density at radius 1 is 1.32 bits per heavy atom. The van der Waals surface area contributed by atoms with Crippen molar-refractivity contribution in [1.82, 2.24) is 4.90 Å². The van der Waals surface area contributed by atoms with Crippen LogP contribution in [0.5, 0.6) is 0 Å². The van der Waals surface area contributed by atoms with Crippen molar-refractivity contribution in [2.24, 2.45) is 0 Å².